The van der Waals surface area contributed by atoms with E-state index in [1.807, 2.05) is 29.2 Å². The highest BCUT2D eigenvalue weighted by molar-refractivity contribution is 5.98. The van der Waals surface area contributed by atoms with Crippen molar-refractivity contribution >= 4 is 22.9 Å². The van der Waals surface area contributed by atoms with E-state index in [0.29, 0.717) is 0 Å². The summed E-state index contributed by atoms with van der Waals surface area (Å²) in [5.74, 6) is 0. The predicted molar refractivity (Wildman–Crippen MR) is 81.5 cm³/mol. The second kappa shape index (κ2) is 6.93. The molecule has 0 unspecified atom stereocenters. The molecule has 2 nitrogen and oxygen atoms in total. The number of hydrogen-bond donors (Lipinski definition) is 0. The molecule has 1 amide bonds. The molecule has 0 bridgehead atoms. The largest absolute Gasteiger partial charge is 0.314 e. The number of nitrogens with zero attached hydrogens (tertiary/aromatic N) is 1. The third kappa shape index (κ3) is 3.34. The van der Waals surface area contributed by atoms with Gasteiger partial charge in [-0.2, -0.15) is 0 Å². The number of amides is 1. The van der Waals surface area contributed by atoms with E-state index in [0.717, 1.165) is 30.4 Å². The SMILES string of the molecule is CCCCCCN(C=O)c1cccc2ccccc12. The second-order valence-electron chi connectivity index (χ2n) is 4.86. The van der Waals surface area contributed by atoms with E-state index >= 15 is 0 Å². The van der Waals surface area contributed by atoms with E-state index in [4.69, 9.17) is 0 Å². The molecular formula is C17H21NO. The molecule has 0 N–H and O–H groups in total. The van der Waals surface area contributed by atoms with Crippen molar-refractivity contribution in [3.8, 4) is 0 Å². The first-order chi connectivity index (χ1) is 9.36. The van der Waals surface area contributed by atoms with Crippen molar-refractivity contribution in [2.24, 2.45) is 0 Å². The molecule has 0 saturated heterocycles. The molecule has 0 fully saturated rings. The third-order valence-corrected chi connectivity index (χ3v) is 3.46. The molecule has 2 heteroatoms. The fourth-order valence-electron chi connectivity index (χ4n) is 2.40. The van der Waals surface area contributed by atoms with Gasteiger partial charge < -0.3 is 4.90 Å². The van der Waals surface area contributed by atoms with Gasteiger partial charge in [0.2, 0.25) is 6.41 Å². The Balaban J connectivity index is 2.18. The average molecular weight is 255 g/mol. The molecule has 0 heterocycles. The molecule has 0 aliphatic carbocycles. The van der Waals surface area contributed by atoms with Crippen LogP contribution >= 0.6 is 0 Å². The number of hydrogen-bond acceptors (Lipinski definition) is 1. The van der Waals surface area contributed by atoms with E-state index in [1.165, 1.54) is 24.6 Å². The standard InChI is InChI=1S/C17H21NO/c1-2-3-4-7-13-18(14-19)17-12-8-10-15-9-5-6-11-16(15)17/h5-6,8-12,14H,2-4,7,13H2,1H3. The first kappa shape index (κ1) is 13.6. The summed E-state index contributed by atoms with van der Waals surface area (Å²) < 4.78 is 0. The van der Waals surface area contributed by atoms with Crippen LogP contribution in [0.5, 0.6) is 0 Å². The Bertz CT molecular complexity index is 530. The minimum Gasteiger partial charge on any atom is -0.314 e. The van der Waals surface area contributed by atoms with Crippen molar-refractivity contribution in [1.82, 2.24) is 0 Å². The van der Waals surface area contributed by atoms with Gasteiger partial charge in [-0.1, -0.05) is 62.6 Å². The van der Waals surface area contributed by atoms with Crippen LogP contribution in [-0.2, 0) is 4.79 Å². The van der Waals surface area contributed by atoms with Crippen LogP contribution in [0.2, 0.25) is 0 Å². The Labute approximate surface area is 115 Å². The highest BCUT2D eigenvalue weighted by Crippen LogP contribution is 2.26. The molecule has 0 atom stereocenters. The van der Waals surface area contributed by atoms with Gasteiger partial charge in [-0.05, 0) is 17.9 Å². The molecule has 0 saturated carbocycles. The quantitative estimate of drug-likeness (QED) is 0.531. The van der Waals surface area contributed by atoms with Gasteiger partial charge in [-0.15, -0.1) is 0 Å². The number of carbonyl (C=O) groups excluding carboxylic acids is 1. The zero-order valence-electron chi connectivity index (χ0n) is 11.5. The van der Waals surface area contributed by atoms with Crippen LogP contribution in [0.25, 0.3) is 10.8 Å². The molecule has 100 valence electrons. The van der Waals surface area contributed by atoms with Gasteiger partial charge in [0.15, 0.2) is 0 Å². The molecule has 0 spiro atoms. The number of fused-ring (bicyclic) bond motifs is 1. The molecule has 0 aliphatic heterocycles. The Morgan fingerprint density at radius 2 is 1.79 bits per heavy atom. The van der Waals surface area contributed by atoms with E-state index in [-0.39, 0.29) is 0 Å². The van der Waals surface area contributed by atoms with Crippen LogP contribution in [0.3, 0.4) is 0 Å². The number of anilines is 1. The molecule has 19 heavy (non-hydrogen) atoms. The summed E-state index contributed by atoms with van der Waals surface area (Å²) in [6.45, 7) is 3.00. The Kier molecular flexibility index (Phi) is 4.96. The summed E-state index contributed by atoms with van der Waals surface area (Å²) in [5, 5.41) is 2.33. The summed E-state index contributed by atoms with van der Waals surface area (Å²) in [6.07, 6.45) is 5.66. The molecule has 2 aromatic carbocycles. The lowest BCUT2D eigenvalue weighted by atomic mass is 10.1. The maximum atomic E-state index is 11.3. The topological polar surface area (TPSA) is 20.3 Å². The second-order valence-corrected chi connectivity index (χ2v) is 4.86. The lowest BCUT2D eigenvalue weighted by Gasteiger charge is -2.19. The van der Waals surface area contributed by atoms with E-state index in [1.54, 1.807) is 0 Å². The number of unbranched alkanes of at least 4 members (excludes halogenated alkanes) is 3. The van der Waals surface area contributed by atoms with Crippen LogP contribution in [0.15, 0.2) is 42.5 Å². The Hall–Kier alpha value is -1.83. The van der Waals surface area contributed by atoms with Gasteiger partial charge in [0.05, 0.1) is 5.69 Å². The lowest BCUT2D eigenvalue weighted by Crippen LogP contribution is -2.22. The van der Waals surface area contributed by atoms with Crippen LogP contribution in [0, 0.1) is 0 Å². The average Bonchev–Trinajstić information content (AvgIpc) is 2.47. The van der Waals surface area contributed by atoms with Crippen molar-refractivity contribution in [1.29, 1.82) is 0 Å². The fourth-order valence-corrected chi connectivity index (χ4v) is 2.40. The molecule has 0 radical (unpaired) electrons. The maximum Gasteiger partial charge on any atom is 0.214 e. The summed E-state index contributed by atoms with van der Waals surface area (Å²) in [5.41, 5.74) is 1.02. The third-order valence-electron chi connectivity index (χ3n) is 3.46. The highest BCUT2D eigenvalue weighted by atomic mass is 16.1. The smallest absolute Gasteiger partial charge is 0.214 e. The van der Waals surface area contributed by atoms with E-state index in [9.17, 15) is 4.79 Å². The van der Waals surface area contributed by atoms with Gasteiger partial charge in [0.25, 0.3) is 0 Å². The molecule has 0 aliphatic rings. The molecular weight excluding hydrogens is 234 g/mol. The predicted octanol–water partition coefficient (Wildman–Crippen LogP) is 4.38. The Morgan fingerprint density at radius 1 is 1.00 bits per heavy atom. The van der Waals surface area contributed by atoms with Crippen LogP contribution in [0.4, 0.5) is 5.69 Å². The maximum absolute atomic E-state index is 11.3. The lowest BCUT2D eigenvalue weighted by molar-refractivity contribution is -0.107. The van der Waals surface area contributed by atoms with Gasteiger partial charge >= 0.3 is 0 Å². The van der Waals surface area contributed by atoms with Crippen molar-refractivity contribution in [3.05, 3.63) is 42.5 Å². The number of rotatable bonds is 7. The van der Waals surface area contributed by atoms with Crippen LogP contribution in [-0.4, -0.2) is 13.0 Å². The number of benzene rings is 2. The number of carbonyl (C=O) groups is 1. The summed E-state index contributed by atoms with van der Waals surface area (Å²) in [7, 11) is 0. The van der Waals surface area contributed by atoms with Crippen molar-refractivity contribution < 1.29 is 4.79 Å². The molecule has 2 aromatic rings. The molecule has 0 aromatic heterocycles. The summed E-state index contributed by atoms with van der Waals surface area (Å²) >= 11 is 0. The first-order valence-electron chi connectivity index (χ1n) is 7.06. The van der Waals surface area contributed by atoms with Crippen molar-refractivity contribution in [2.75, 3.05) is 11.4 Å². The normalized spacial score (nSPS) is 10.6. The minimum absolute atomic E-state index is 0.803. The minimum atomic E-state index is 0.803. The zero-order valence-corrected chi connectivity index (χ0v) is 11.5. The van der Waals surface area contributed by atoms with E-state index in [2.05, 4.69) is 25.1 Å². The van der Waals surface area contributed by atoms with Crippen molar-refractivity contribution in [3.63, 3.8) is 0 Å². The fraction of sp³-hybridized carbons (Fsp3) is 0.353. The Morgan fingerprint density at radius 3 is 2.58 bits per heavy atom. The monoisotopic (exact) mass is 255 g/mol. The molecule has 2 rings (SSSR count). The highest BCUT2D eigenvalue weighted by Gasteiger charge is 2.08. The van der Waals surface area contributed by atoms with Gasteiger partial charge in [-0.3, -0.25) is 4.79 Å². The van der Waals surface area contributed by atoms with E-state index < -0.39 is 0 Å². The van der Waals surface area contributed by atoms with Crippen LogP contribution in [0.1, 0.15) is 32.6 Å². The van der Waals surface area contributed by atoms with Gasteiger partial charge in [0.1, 0.15) is 0 Å². The van der Waals surface area contributed by atoms with Crippen molar-refractivity contribution in [2.45, 2.75) is 32.6 Å². The zero-order chi connectivity index (χ0) is 13.5. The van der Waals surface area contributed by atoms with Gasteiger partial charge in [0, 0.05) is 11.9 Å². The summed E-state index contributed by atoms with van der Waals surface area (Å²) in [6, 6.07) is 14.3. The van der Waals surface area contributed by atoms with Gasteiger partial charge in [-0.25, -0.2) is 0 Å². The van der Waals surface area contributed by atoms with Crippen LogP contribution < -0.4 is 4.90 Å². The summed E-state index contributed by atoms with van der Waals surface area (Å²) in [4.78, 5) is 13.2. The first-order valence-corrected chi connectivity index (χ1v) is 7.06.